The lowest BCUT2D eigenvalue weighted by Crippen LogP contribution is -1.99. The lowest BCUT2D eigenvalue weighted by Gasteiger charge is -2.04. The third kappa shape index (κ3) is 3.38. The molecule has 2 aromatic rings. The Morgan fingerprint density at radius 2 is 2.05 bits per heavy atom. The van der Waals surface area contributed by atoms with Gasteiger partial charge in [-0.2, -0.15) is 0 Å². The summed E-state index contributed by atoms with van der Waals surface area (Å²) in [7, 11) is 1.29. The van der Waals surface area contributed by atoms with Gasteiger partial charge in [-0.3, -0.25) is 0 Å². The van der Waals surface area contributed by atoms with Crippen LogP contribution in [0.5, 0.6) is 5.75 Å². The van der Waals surface area contributed by atoms with Gasteiger partial charge in [0.15, 0.2) is 0 Å². The van der Waals surface area contributed by atoms with E-state index in [0.29, 0.717) is 11.5 Å². The smallest absolute Gasteiger partial charge is 0.373 e. The van der Waals surface area contributed by atoms with E-state index in [1.165, 1.54) is 19.4 Å². The Kier molecular flexibility index (Phi) is 4.39. The average molecular weight is 275 g/mol. The summed E-state index contributed by atoms with van der Waals surface area (Å²) in [6.07, 6.45) is 1.32. The van der Waals surface area contributed by atoms with Gasteiger partial charge in [-0.1, -0.05) is 5.16 Å². The molecule has 0 aliphatic rings. The first-order valence-corrected chi connectivity index (χ1v) is 5.80. The number of rotatable bonds is 5. The number of nitrogens with zero attached hydrogens (tertiary/aromatic N) is 1. The lowest BCUT2D eigenvalue weighted by atomic mass is 10.2. The second-order valence-electron chi connectivity index (χ2n) is 3.86. The Balaban J connectivity index is 1.94. The SMILES string of the molecule is COC(=O)c1ccc(COc2ccc(/C=N/O)cc2)o1. The fraction of sp³-hybridized carbons (Fsp3) is 0.143. The topological polar surface area (TPSA) is 81.3 Å². The standard InChI is InChI=1S/C14H13NO5/c1-18-14(16)13-7-6-12(20-13)9-19-11-4-2-10(3-5-11)8-15-17/h2-8,17H,9H2,1H3/b15-8+. The van der Waals surface area contributed by atoms with Crippen molar-refractivity contribution in [1.82, 2.24) is 0 Å². The van der Waals surface area contributed by atoms with E-state index in [1.807, 2.05) is 0 Å². The highest BCUT2D eigenvalue weighted by Crippen LogP contribution is 2.15. The summed E-state index contributed by atoms with van der Waals surface area (Å²) in [5.74, 6) is 0.770. The molecule has 0 fully saturated rings. The zero-order chi connectivity index (χ0) is 14.4. The van der Waals surface area contributed by atoms with Crippen LogP contribution in [0.15, 0.2) is 46.0 Å². The van der Waals surface area contributed by atoms with Crippen LogP contribution in [0.2, 0.25) is 0 Å². The molecular weight excluding hydrogens is 262 g/mol. The fourth-order valence-electron chi connectivity index (χ4n) is 1.54. The van der Waals surface area contributed by atoms with Gasteiger partial charge in [0.1, 0.15) is 18.1 Å². The summed E-state index contributed by atoms with van der Waals surface area (Å²) in [6, 6.07) is 10.2. The summed E-state index contributed by atoms with van der Waals surface area (Å²) in [6.45, 7) is 0.199. The van der Waals surface area contributed by atoms with Crippen LogP contribution in [0.3, 0.4) is 0 Å². The van der Waals surface area contributed by atoms with Gasteiger partial charge in [-0.25, -0.2) is 4.79 Å². The van der Waals surface area contributed by atoms with E-state index in [2.05, 4.69) is 9.89 Å². The number of furan rings is 1. The highest BCUT2D eigenvalue weighted by atomic mass is 16.5. The molecule has 0 atom stereocenters. The predicted octanol–water partition coefficient (Wildman–Crippen LogP) is 2.45. The molecule has 1 aromatic heterocycles. The molecule has 0 amide bonds. The maximum absolute atomic E-state index is 11.2. The second kappa shape index (κ2) is 6.42. The van der Waals surface area contributed by atoms with E-state index in [4.69, 9.17) is 14.4 Å². The van der Waals surface area contributed by atoms with Crippen LogP contribution in [0.4, 0.5) is 0 Å². The molecule has 0 bridgehead atoms. The first-order valence-electron chi connectivity index (χ1n) is 5.80. The molecule has 0 saturated heterocycles. The Hall–Kier alpha value is -2.76. The minimum absolute atomic E-state index is 0.139. The molecule has 0 spiro atoms. The molecule has 20 heavy (non-hydrogen) atoms. The summed E-state index contributed by atoms with van der Waals surface area (Å²) >= 11 is 0. The van der Waals surface area contributed by atoms with Crippen molar-refractivity contribution >= 4 is 12.2 Å². The minimum Gasteiger partial charge on any atom is -0.486 e. The molecule has 0 aliphatic heterocycles. The average Bonchev–Trinajstić information content (AvgIpc) is 2.95. The van der Waals surface area contributed by atoms with Crippen LogP contribution in [0.1, 0.15) is 21.9 Å². The lowest BCUT2D eigenvalue weighted by molar-refractivity contribution is 0.0561. The van der Waals surface area contributed by atoms with E-state index in [9.17, 15) is 4.79 Å². The summed E-state index contributed by atoms with van der Waals surface area (Å²) < 4.78 is 15.3. The molecule has 6 nitrogen and oxygen atoms in total. The summed E-state index contributed by atoms with van der Waals surface area (Å²) in [5, 5.41) is 11.3. The second-order valence-corrected chi connectivity index (χ2v) is 3.86. The van der Waals surface area contributed by atoms with Gasteiger partial charge in [0.05, 0.1) is 13.3 Å². The van der Waals surface area contributed by atoms with Gasteiger partial charge in [-0.05, 0) is 42.0 Å². The molecule has 0 unspecified atom stereocenters. The number of ether oxygens (including phenoxy) is 2. The monoisotopic (exact) mass is 275 g/mol. The van der Waals surface area contributed by atoms with E-state index in [1.54, 1.807) is 30.3 Å². The van der Waals surface area contributed by atoms with Gasteiger partial charge >= 0.3 is 5.97 Å². The number of benzene rings is 1. The first-order chi connectivity index (χ1) is 9.72. The van der Waals surface area contributed by atoms with Crippen molar-refractivity contribution in [2.75, 3.05) is 7.11 Å². The van der Waals surface area contributed by atoms with Crippen LogP contribution in [-0.4, -0.2) is 24.5 Å². The Morgan fingerprint density at radius 3 is 2.70 bits per heavy atom. The van der Waals surface area contributed by atoms with Gasteiger partial charge in [0.25, 0.3) is 0 Å². The first kappa shape index (κ1) is 13.7. The van der Waals surface area contributed by atoms with Crippen molar-refractivity contribution in [3.63, 3.8) is 0 Å². The Bertz CT molecular complexity index is 600. The van der Waals surface area contributed by atoms with Crippen LogP contribution in [-0.2, 0) is 11.3 Å². The number of carbonyl (C=O) groups is 1. The number of oxime groups is 1. The maximum atomic E-state index is 11.2. The van der Waals surface area contributed by atoms with Crippen molar-refractivity contribution in [1.29, 1.82) is 0 Å². The van der Waals surface area contributed by atoms with E-state index < -0.39 is 5.97 Å². The third-order valence-corrected chi connectivity index (χ3v) is 2.52. The van der Waals surface area contributed by atoms with Crippen molar-refractivity contribution < 1.29 is 23.9 Å². The molecule has 0 saturated carbocycles. The number of hydrogen-bond acceptors (Lipinski definition) is 6. The Morgan fingerprint density at radius 1 is 1.30 bits per heavy atom. The predicted molar refractivity (Wildman–Crippen MR) is 70.2 cm³/mol. The van der Waals surface area contributed by atoms with Crippen LogP contribution >= 0.6 is 0 Å². The number of methoxy groups -OCH3 is 1. The molecule has 0 aliphatic carbocycles. The molecule has 1 N–H and O–H groups in total. The molecule has 1 aromatic carbocycles. The number of esters is 1. The number of carbonyl (C=O) groups excluding carboxylic acids is 1. The van der Waals surface area contributed by atoms with E-state index in [0.717, 1.165) is 5.56 Å². The van der Waals surface area contributed by atoms with Crippen molar-refractivity contribution in [3.05, 3.63) is 53.5 Å². The zero-order valence-electron chi connectivity index (χ0n) is 10.8. The largest absolute Gasteiger partial charge is 0.486 e. The normalized spacial score (nSPS) is 10.7. The molecule has 2 rings (SSSR count). The van der Waals surface area contributed by atoms with Crippen molar-refractivity contribution in [2.24, 2.45) is 5.16 Å². The van der Waals surface area contributed by atoms with Crippen molar-refractivity contribution in [3.8, 4) is 5.75 Å². The summed E-state index contributed by atoms with van der Waals surface area (Å²) in [5.41, 5.74) is 0.755. The van der Waals surface area contributed by atoms with Gasteiger partial charge in [0, 0.05) is 0 Å². The Labute approximate surface area is 115 Å². The zero-order valence-corrected chi connectivity index (χ0v) is 10.8. The number of hydrogen-bond donors (Lipinski definition) is 1. The molecule has 104 valence electrons. The molecule has 1 heterocycles. The fourth-order valence-corrected chi connectivity index (χ4v) is 1.54. The highest BCUT2D eigenvalue weighted by molar-refractivity contribution is 5.86. The van der Waals surface area contributed by atoms with Crippen LogP contribution < -0.4 is 4.74 Å². The van der Waals surface area contributed by atoms with Gasteiger partial charge in [-0.15, -0.1) is 0 Å². The molecule has 0 radical (unpaired) electrons. The third-order valence-electron chi connectivity index (χ3n) is 2.52. The quantitative estimate of drug-likeness (QED) is 0.392. The molecular formula is C14H13NO5. The molecule has 6 heteroatoms. The van der Waals surface area contributed by atoms with Gasteiger partial charge in [0.2, 0.25) is 5.76 Å². The minimum atomic E-state index is -0.524. The van der Waals surface area contributed by atoms with Gasteiger partial charge < -0.3 is 19.1 Å². The summed E-state index contributed by atoms with van der Waals surface area (Å²) in [4.78, 5) is 11.2. The highest BCUT2D eigenvalue weighted by Gasteiger charge is 2.11. The van der Waals surface area contributed by atoms with Crippen molar-refractivity contribution in [2.45, 2.75) is 6.61 Å². The van der Waals surface area contributed by atoms with E-state index in [-0.39, 0.29) is 12.4 Å². The van der Waals surface area contributed by atoms with Crippen LogP contribution in [0.25, 0.3) is 0 Å². The maximum Gasteiger partial charge on any atom is 0.373 e. The van der Waals surface area contributed by atoms with Crippen LogP contribution in [0, 0.1) is 0 Å². The van der Waals surface area contributed by atoms with E-state index >= 15 is 0 Å².